The fourth-order valence-electron chi connectivity index (χ4n) is 1.51. The Hall–Kier alpha value is -2.16. The quantitative estimate of drug-likeness (QED) is 0.756. The van der Waals surface area contributed by atoms with Gasteiger partial charge in [0.25, 0.3) is 0 Å². The molecule has 86 valence electrons. The van der Waals surface area contributed by atoms with E-state index in [1.807, 2.05) is 38.1 Å². The minimum atomic E-state index is 0.277. The van der Waals surface area contributed by atoms with E-state index in [-0.39, 0.29) is 5.75 Å². The van der Waals surface area contributed by atoms with Crippen LogP contribution >= 0.6 is 0 Å². The van der Waals surface area contributed by atoms with Crippen LogP contribution in [0.4, 0.5) is 11.4 Å². The molecule has 0 unspecified atom stereocenters. The molecule has 2 aromatic rings. The van der Waals surface area contributed by atoms with E-state index in [0.29, 0.717) is 0 Å². The summed E-state index contributed by atoms with van der Waals surface area (Å²) in [7, 11) is 0. The number of aryl methyl sites for hydroxylation is 2. The van der Waals surface area contributed by atoms with Gasteiger partial charge in [0.05, 0.1) is 11.4 Å². The lowest BCUT2D eigenvalue weighted by atomic mass is 10.2. The molecule has 17 heavy (non-hydrogen) atoms. The van der Waals surface area contributed by atoms with Gasteiger partial charge >= 0.3 is 0 Å². The number of phenolic OH excluding ortho intramolecular Hbond substituents is 1. The molecule has 0 bridgehead atoms. The predicted octanol–water partition coefficient (Wildman–Crippen LogP) is 4.42. The van der Waals surface area contributed by atoms with Gasteiger partial charge < -0.3 is 5.11 Å². The molecule has 0 saturated carbocycles. The van der Waals surface area contributed by atoms with Gasteiger partial charge in [-0.15, -0.1) is 0 Å². The molecule has 0 fully saturated rings. The van der Waals surface area contributed by atoms with Crippen LogP contribution in [0.15, 0.2) is 52.7 Å². The monoisotopic (exact) mass is 226 g/mol. The summed E-state index contributed by atoms with van der Waals surface area (Å²) >= 11 is 0. The summed E-state index contributed by atoms with van der Waals surface area (Å²) in [4.78, 5) is 0. The van der Waals surface area contributed by atoms with Crippen LogP contribution in [-0.2, 0) is 0 Å². The largest absolute Gasteiger partial charge is 0.508 e. The Labute approximate surface area is 100 Å². The molecule has 0 heterocycles. The van der Waals surface area contributed by atoms with Gasteiger partial charge in [0.2, 0.25) is 0 Å². The normalized spacial score (nSPS) is 10.9. The van der Waals surface area contributed by atoms with Gasteiger partial charge in [-0.2, -0.15) is 10.2 Å². The van der Waals surface area contributed by atoms with Crippen LogP contribution in [0.3, 0.4) is 0 Å². The Morgan fingerprint density at radius 1 is 0.882 bits per heavy atom. The SMILES string of the molecule is Cc1cccc(N=Nc2ccc(O)c(C)c2)c1. The van der Waals surface area contributed by atoms with E-state index in [2.05, 4.69) is 10.2 Å². The smallest absolute Gasteiger partial charge is 0.118 e. The average molecular weight is 226 g/mol. The maximum Gasteiger partial charge on any atom is 0.118 e. The molecule has 0 aliphatic carbocycles. The Bertz CT molecular complexity index is 562. The van der Waals surface area contributed by atoms with E-state index >= 15 is 0 Å². The number of hydrogen-bond acceptors (Lipinski definition) is 3. The maximum absolute atomic E-state index is 9.39. The third kappa shape index (κ3) is 2.91. The summed E-state index contributed by atoms with van der Waals surface area (Å²) in [5, 5.41) is 17.7. The van der Waals surface area contributed by atoms with Crippen molar-refractivity contribution < 1.29 is 5.11 Å². The number of benzene rings is 2. The molecule has 0 saturated heterocycles. The van der Waals surface area contributed by atoms with E-state index < -0.39 is 0 Å². The Morgan fingerprint density at radius 3 is 2.24 bits per heavy atom. The van der Waals surface area contributed by atoms with E-state index in [4.69, 9.17) is 0 Å². The highest BCUT2D eigenvalue weighted by molar-refractivity contribution is 5.47. The highest BCUT2D eigenvalue weighted by atomic mass is 16.3. The molecule has 0 spiro atoms. The highest BCUT2D eigenvalue weighted by Gasteiger charge is 1.96. The first-order chi connectivity index (χ1) is 8.15. The van der Waals surface area contributed by atoms with Crippen molar-refractivity contribution in [2.45, 2.75) is 13.8 Å². The Morgan fingerprint density at radius 2 is 1.59 bits per heavy atom. The highest BCUT2D eigenvalue weighted by Crippen LogP contribution is 2.24. The number of nitrogens with zero attached hydrogens (tertiary/aromatic N) is 2. The molecular weight excluding hydrogens is 212 g/mol. The maximum atomic E-state index is 9.39. The summed E-state index contributed by atoms with van der Waals surface area (Å²) in [6, 6.07) is 13.0. The summed E-state index contributed by atoms with van der Waals surface area (Å²) in [5.74, 6) is 0.277. The van der Waals surface area contributed by atoms with Gasteiger partial charge in [-0.25, -0.2) is 0 Å². The second kappa shape index (κ2) is 4.78. The zero-order valence-electron chi connectivity index (χ0n) is 9.88. The number of azo groups is 1. The third-order valence-corrected chi connectivity index (χ3v) is 2.46. The van der Waals surface area contributed by atoms with Gasteiger partial charge in [-0.1, -0.05) is 12.1 Å². The fourth-order valence-corrected chi connectivity index (χ4v) is 1.51. The van der Waals surface area contributed by atoms with Crippen molar-refractivity contribution >= 4 is 11.4 Å². The molecule has 1 N–H and O–H groups in total. The first-order valence-corrected chi connectivity index (χ1v) is 5.43. The van der Waals surface area contributed by atoms with Crippen molar-refractivity contribution in [2.24, 2.45) is 10.2 Å². The summed E-state index contributed by atoms with van der Waals surface area (Å²) in [5.41, 5.74) is 3.52. The van der Waals surface area contributed by atoms with Crippen molar-refractivity contribution in [3.8, 4) is 5.75 Å². The minimum Gasteiger partial charge on any atom is -0.508 e. The number of aromatic hydroxyl groups is 1. The first kappa shape index (κ1) is 11.3. The molecule has 2 rings (SSSR count). The van der Waals surface area contributed by atoms with Crippen LogP contribution in [0.1, 0.15) is 11.1 Å². The second-order valence-electron chi connectivity index (χ2n) is 4.01. The Kier molecular flexibility index (Phi) is 3.19. The van der Waals surface area contributed by atoms with Crippen molar-refractivity contribution in [2.75, 3.05) is 0 Å². The molecule has 0 aliphatic heterocycles. The topological polar surface area (TPSA) is 45.0 Å². The average Bonchev–Trinajstić information content (AvgIpc) is 2.31. The molecule has 0 atom stereocenters. The van der Waals surface area contributed by atoms with Crippen LogP contribution in [0.5, 0.6) is 5.75 Å². The molecule has 0 aromatic heterocycles. The van der Waals surface area contributed by atoms with Crippen molar-refractivity contribution in [3.05, 3.63) is 53.6 Å². The van der Waals surface area contributed by atoms with Crippen LogP contribution in [-0.4, -0.2) is 5.11 Å². The van der Waals surface area contributed by atoms with Gasteiger partial charge in [-0.3, -0.25) is 0 Å². The van der Waals surface area contributed by atoms with E-state index in [1.54, 1.807) is 18.2 Å². The van der Waals surface area contributed by atoms with Gasteiger partial charge in [0, 0.05) is 0 Å². The summed E-state index contributed by atoms with van der Waals surface area (Å²) in [6.07, 6.45) is 0. The zero-order chi connectivity index (χ0) is 12.3. The number of phenols is 1. The fraction of sp³-hybridized carbons (Fsp3) is 0.143. The third-order valence-electron chi connectivity index (χ3n) is 2.46. The van der Waals surface area contributed by atoms with Gasteiger partial charge in [0.15, 0.2) is 0 Å². The molecule has 0 amide bonds. The van der Waals surface area contributed by atoms with Crippen molar-refractivity contribution in [3.63, 3.8) is 0 Å². The second-order valence-corrected chi connectivity index (χ2v) is 4.01. The zero-order valence-corrected chi connectivity index (χ0v) is 9.88. The van der Waals surface area contributed by atoms with Crippen LogP contribution in [0.2, 0.25) is 0 Å². The number of hydrogen-bond donors (Lipinski definition) is 1. The van der Waals surface area contributed by atoms with Gasteiger partial charge in [-0.05, 0) is 55.3 Å². The standard InChI is InChI=1S/C14H14N2O/c1-10-4-3-5-12(8-10)15-16-13-6-7-14(17)11(2)9-13/h3-9,17H,1-2H3. The van der Waals surface area contributed by atoms with Crippen LogP contribution in [0.25, 0.3) is 0 Å². The van der Waals surface area contributed by atoms with E-state index in [9.17, 15) is 5.11 Å². The minimum absolute atomic E-state index is 0.277. The van der Waals surface area contributed by atoms with Crippen LogP contribution < -0.4 is 0 Å². The summed E-state index contributed by atoms with van der Waals surface area (Å²) < 4.78 is 0. The molecule has 3 nitrogen and oxygen atoms in total. The molecule has 3 heteroatoms. The molecular formula is C14H14N2O. The van der Waals surface area contributed by atoms with E-state index in [1.165, 1.54) is 0 Å². The molecule has 0 radical (unpaired) electrons. The lowest BCUT2D eigenvalue weighted by molar-refractivity contribution is 0.471. The van der Waals surface area contributed by atoms with Gasteiger partial charge in [0.1, 0.15) is 5.75 Å². The van der Waals surface area contributed by atoms with E-state index in [0.717, 1.165) is 22.5 Å². The lowest BCUT2D eigenvalue weighted by Crippen LogP contribution is -1.73. The molecule has 2 aromatic carbocycles. The molecule has 0 aliphatic rings. The van der Waals surface area contributed by atoms with Crippen molar-refractivity contribution in [1.29, 1.82) is 0 Å². The number of rotatable bonds is 2. The van der Waals surface area contributed by atoms with Crippen molar-refractivity contribution in [1.82, 2.24) is 0 Å². The Balaban J connectivity index is 2.23. The summed E-state index contributed by atoms with van der Waals surface area (Å²) in [6.45, 7) is 3.85. The lowest BCUT2D eigenvalue weighted by Gasteiger charge is -1.99. The van der Waals surface area contributed by atoms with Crippen LogP contribution in [0, 0.1) is 13.8 Å². The first-order valence-electron chi connectivity index (χ1n) is 5.43. The predicted molar refractivity (Wildman–Crippen MR) is 68.2 cm³/mol.